The van der Waals surface area contributed by atoms with Crippen molar-refractivity contribution in [2.45, 2.75) is 31.4 Å². The van der Waals surface area contributed by atoms with Gasteiger partial charge in [-0.05, 0) is 37.3 Å². The number of likely N-dealkylation sites (tertiary alicyclic amines) is 1. The molecule has 0 saturated carbocycles. The fourth-order valence-electron chi connectivity index (χ4n) is 4.34. The van der Waals surface area contributed by atoms with Gasteiger partial charge in [0.2, 0.25) is 5.91 Å². The van der Waals surface area contributed by atoms with E-state index in [4.69, 9.17) is 15.2 Å². The number of nitrogens with two attached hydrogens (primary N) is 1. The van der Waals surface area contributed by atoms with Gasteiger partial charge in [0.15, 0.2) is 0 Å². The predicted molar refractivity (Wildman–Crippen MR) is 108 cm³/mol. The van der Waals surface area contributed by atoms with Crippen molar-refractivity contribution in [3.63, 3.8) is 0 Å². The van der Waals surface area contributed by atoms with Crippen molar-refractivity contribution in [1.82, 2.24) is 4.90 Å². The summed E-state index contributed by atoms with van der Waals surface area (Å²) in [5, 5.41) is 0. The van der Waals surface area contributed by atoms with Crippen molar-refractivity contribution in [1.29, 1.82) is 0 Å². The molecular formula is C20H27N3O5S. The van der Waals surface area contributed by atoms with Crippen LogP contribution in [0.4, 0.5) is 0 Å². The highest BCUT2D eigenvalue weighted by atomic mass is 32.2. The van der Waals surface area contributed by atoms with Crippen molar-refractivity contribution >= 4 is 21.8 Å². The summed E-state index contributed by atoms with van der Waals surface area (Å²) in [5.41, 5.74) is 7.07. The summed E-state index contributed by atoms with van der Waals surface area (Å²) in [6.45, 7) is 3.26. The quantitative estimate of drug-likeness (QED) is 0.784. The van der Waals surface area contributed by atoms with Crippen LogP contribution in [-0.2, 0) is 25.3 Å². The molecule has 1 amide bonds. The van der Waals surface area contributed by atoms with Crippen LogP contribution >= 0.6 is 0 Å². The standard InChI is InChI=1S/C20H27N3O5S/c21-19-18-16(13-29(25,26)22-19)4-1-5-17(18)28-12-14-3-2-8-23(11-14)20(24)15-6-9-27-10-7-15/h1,4-5,14-15H,2-3,6-13H2,(H2,21,22)/t14-/m0/s1. The Morgan fingerprint density at radius 1 is 1.28 bits per heavy atom. The van der Waals surface area contributed by atoms with Gasteiger partial charge in [-0.2, -0.15) is 0 Å². The zero-order chi connectivity index (χ0) is 20.4. The third kappa shape index (κ3) is 4.56. The topological polar surface area (TPSA) is 111 Å². The van der Waals surface area contributed by atoms with Gasteiger partial charge >= 0.3 is 0 Å². The molecule has 158 valence electrons. The molecule has 1 aromatic carbocycles. The Bertz CT molecular complexity index is 909. The molecule has 2 saturated heterocycles. The van der Waals surface area contributed by atoms with Crippen molar-refractivity contribution in [2.75, 3.05) is 32.9 Å². The summed E-state index contributed by atoms with van der Waals surface area (Å²) in [5.74, 6) is 0.887. The maximum Gasteiger partial charge on any atom is 0.259 e. The highest BCUT2D eigenvalue weighted by Gasteiger charge is 2.31. The molecule has 1 atom stereocenters. The largest absolute Gasteiger partial charge is 0.492 e. The molecule has 29 heavy (non-hydrogen) atoms. The van der Waals surface area contributed by atoms with E-state index in [2.05, 4.69) is 4.40 Å². The lowest BCUT2D eigenvalue weighted by Gasteiger charge is -2.36. The summed E-state index contributed by atoms with van der Waals surface area (Å²) in [4.78, 5) is 14.8. The van der Waals surface area contributed by atoms with Crippen LogP contribution < -0.4 is 10.5 Å². The first-order valence-corrected chi connectivity index (χ1v) is 11.7. The number of amides is 1. The molecular weight excluding hydrogens is 394 g/mol. The van der Waals surface area contributed by atoms with Gasteiger partial charge in [0.25, 0.3) is 10.0 Å². The molecule has 0 unspecified atom stereocenters. The SMILES string of the molecule is NC1=NS(=O)(=O)Cc2cccc(OC[C@H]3CCCN(C(=O)C4CCOCC4)C3)c21. The van der Waals surface area contributed by atoms with Gasteiger partial charge in [0.1, 0.15) is 11.6 Å². The van der Waals surface area contributed by atoms with E-state index in [0.29, 0.717) is 43.2 Å². The van der Waals surface area contributed by atoms with Crippen LogP contribution in [0.15, 0.2) is 22.6 Å². The lowest BCUT2D eigenvalue weighted by molar-refractivity contribution is -0.140. The van der Waals surface area contributed by atoms with Crippen LogP contribution in [0.25, 0.3) is 0 Å². The lowest BCUT2D eigenvalue weighted by Crippen LogP contribution is -2.45. The molecule has 0 spiro atoms. The van der Waals surface area contributed by atoms with E-state index in [-0.39, 0.29) is 29.3 Å². The van der Waals surface area contributed by atoms with E-state index in [1.165, 1.54) is 0 Å². The van der Waals surface area contributed by atoms with Crippen molar-refractivity contribution in [3.8, 4) is 5.75 Å². The molecule has 0 aromatic heterocycles. The third-order valence-electron chi connectivity index (χ3n) is 5.82. The van der Waals surface area contributed by atoms with E-state index in [9.17, 15) is 13.2 Å². The smallest absolute Gasteiger partial charge is 0.259 e. The molecule has 2 N–H and O–H groups in total. The minimum absolute atomic E-state index is 0.0261. The highest BCUT2D eigenvalue weighted by molar-refractivity contribution is 7.89. The normalized spacial score (nSPS) is 24.5. The summed E-state index contributed by atoms with van der Waals surface area (Å²) < 4.78 is 38.7. The fraction of sp³-hybridized carbons (Fsp3) is 0.600. The van der Waals surface area contributed by atoms with Gasteiger partial charge in [-0.25, -0.2) is 8.42 Å². The number of hydrogen-bond donors (Lipinski definition) is 1. The number of benzene rings is 1. The second-order valence-corrected chi connectivity index (χ2v) is 9.62. The molecule has 0 radical (unpaired) electrons. The van der Waals surface area contributed by atoms with Gasteiger partial charge in [-0.1, -0.05) is 12.1 Å². The number of carbonyl (C=O) groups excluding carboxylic acids is 1. The first-order valence-electron chi connectivity index (χ1n) is 10.1. The van der Waals surface area contributed by atoms with Crippen LogP contribution in [0.5, 0.6) is 5.75 Å². The summed E-state index contributed by atoms with van der Waals surface area (Å²) in [7, 11) is -3.57. The highest BCUT2D eigenvalue weighted by Crippen LogP contribution is 2.29. The zero-order valence-electron chi connectivity index (χ0n) is 16.4. The van der Waals surface area contributed by atoms with Crippen LogP contribution in [0, 0.1) is 11.8 Å². The Morgan fingerprint density at radius 2 is 2.07 bits per heavy atom. The maximum absolute atomic E-state index is 12.8. The number of piperidine rings is 1. The molecule has 0 aliphatic carbocycles. The van der Waals surface area contributed by atoms with Crippen molar-refractivity contribution < 1.29 is 22.7 Å². The zero-order valence-corrected chi connectivity index (χ0v) is 17.2. The molecule has 4 rings (SSSR count). The summed E-state index contributed by atoms with van der Waals surface area (Å²) >= 11 is 0. The van der Waals surface area contributed by atoms with E-state index in [1.807, 2.05) is 4.90 Å². The molecule has 3 aliphatic rings. The molecule has 3 aliphatic heterocycles. The Labute approximate surface area is 171 Å². The Balaban J connectivity index is 1.40. The van der Waals surface area contributed by atoms with E-state index in [1.54, 1.807) is 18.2 Å². The number of nitrogens with zero attached hydrogens (tertiary/aromatic N) is 2. The number of hydrogen-bond acceptors (Lipinski definition) is 6. The maximum atomic E-state index is 12.8. The van der Waals surface area contributed by atoms with Gasteiger partial charge in [0, 0.05) is 38.1 Å². The Hall–Kier alpha value is -2.13. The van der Waals surface area contributed by atoms with E-state index in [0.717, 1.165) is 32.2 Å². The molecule has 3 heterocycles. The Kier molecular flexibility index (Phi) is 5.78. The summed E-state index contributed by atoms with van der Waals surface area (Å²) in [6.07, 6.45) is 3.55. The third-order valence-corrected chi connectivity index (χ3v) is 6.97. The number of carbonyl (C=O) groups is 1. The van der Waals surface area contributed by atoms with E-state index < -0.39 is 10.0 Å². The van der Waals surface area contributed by atoms with Gasteiger partial charge in [-0.15, -0.1) is 4.40 Å². The van der Waals surface area contributed by atoms with Crippen LogP contribution in [0.3, 0.4) is 0 Å². The molecule has 9 heteroatoms. The van der Waals surface area contributed by atoms with Gasteiger partial charge < -0.3 is 20.1 Å². The number of rotatable bonds is 4. The first-order chi connectivity index (χ1) is 13.9. The minimum Gasteiger partial charge on any atom is -0.492 e. The molecule has 0 bridgehead atoms. The van der Waals surface area contributed by atoms with Crippen LogP contribution in [-0.4, -0.2) is 58.0 Å². The molecule has 8 nitrogen and oxygen atoms in total. The van der Waals surface area contributed by atoms with Crippen LogP contribution in [0.2, 0.25) is 0 Å². The van der Waals surface area contributed by atoms with E-state index >= 15 is 0 Å². The first kappa shape index (κ1) is 20.2. The monoisotopic (exact) mass is 421 g/mol. The lowest BCUT2D eigenvalue weighted by atomic mass is 9.94. The van der Waals surface area contributed by atoms with Gasteiger partial charge in [-0.3, -0.25) is 4.79 Å². The second-order valence-electron chi connectivity index (χ2n) is 7.98. The molecule has 1 aromatic rings. The summed E-state index contributed by atoms with van der Waals surface area (Å²) in [6, 6.07) is 5.28. The minimum atomic E-state index is -3.57. The second kappa shape index (κ2) is 8.31. The fourth-order valence-corrected chi connectivity index (χ4v) is 5.43. The number of sulfonamides is 1. The van der Waals surface area contributed by atoms with Crippen molar-refractivity contribution in [2.24, 2.45) is 22.0 Å². The van der Waals surface area contributed by atoms with Crippen molar-refractivity contribution in [3.05, 3.63) is 29.3 Å². The molecule has 2 fully saturated rings. The van der Waals surface area contributed by atoms with Gasteiger partial charge in [0.05, 0.1) is 17.9 Å². The average molecular weight is 422 g/mol. The Morgan fingerprint density at radius 3 is 2.86 bits per heavy atom. The number of ether oxygens (including phenoxy) is 2. The van der Waals surface area contributed by atoms with Crippen LogP contribution in [0.1, 0.15) is 36.8 Å². The number of fused-ring (bicyclic) bond motifs is 1. The average Bonchev–Trinajstić information content (AvgIpc) is 2.71. The predicted octanol–water partition coefficient (Wildman–Crippen LogP) is 1.28. The number of amidine groups is 1.